The molecule has 0 fully saturated rings. The van der Waals surface area contributed by atoms with Gasteiger partial charge in [-0.1, -0.05) is 36.4 Å². The summed E-state index contributed by atoms with van der Waals surface area (Å²) >= 11 is 0. The van der Waals surface area contributed by atoms with Crippen molar-refractivity contribution in [3.05, 3.63) is 66.4 Å². The van der Waals surface area contributed by atoms with Crippen molar-refractivity contribution in [1.29, 1.82) is 0 Å². The van der Waals surface area contributed by atoms with Crippen LogP contribution in [0.4, 0.5) is 0 Å². The molecule has 3 aromatic rings. The number of primary amides is 1. The number of hydrogen-bond donors (Lipinski definition) is 1. The minimum Gasteiger partial charge on any atom is -0.366 e. The van der Waals surface area contributed by atoms with E-state index in [9.17, 15) is 4.79 Å². The van der Waals surface area contributed by atoms with Crippen LogP contribution in [0, 0.1) is 0 Å². The fraction of sp³-hybridized carbons (Fsp3) is 0. The summed E-state index contributed by atoms with van der Waals surface area (Å²) in [5.74, 6) is -0.420. The van der Waals surface area contributed by atoms with Gasteiger partial charge in [0, 0.05) is 17.1 Å². The molecule has 3 nitrogen and oxygen atoms in total. The lowest BCUT2D eigenvalue weighted by Crippen LogP contribution is -2.12. The first-order chi connectivity index (χ1) is 9.25. The van der Waals surface area contributed by atoms with Gasteiger partial charge in [-0.15, -0.1) is 0 Å². The molecule has 0 atom stereocenters. The molecule has 1 heterocycles. The molecule has 0 aliphatic heterocycles. The number of rotatable bonds is 2. The van der Waals surface area contributed by atoms with Crippen molar-refractivity contribution in [2.75, 3.05) is 0 Å². The SMILES string of the molecule is NC(=O)c1ccccc1-c1ccc2cccnc2c1. The van der Waals surface area contributed by atoms with Gasteiger partial charge in [0.25, 0.3) is 0 Å². The molecule has 0 aliphatic carbocycles. The van der Waals surface area contributed by atoms with Crippen LogP contribution < -0.4 is 5.73 Å². The molecule has 1 amide bonds. The Morgan fingerprint density at radius 3 is 2.68 bits per heavy atom. The third-order valence-electron chi connectivity index (χ3n) is 3.11. The highest BCUT2D eigenvalue weighted by atomic mass is 16.1. The van der Waals surface area contributed by atoms with E-state index in [0.29, 0.717) is 5.56 Å². The maximum Gasteiger partial charge on any atom is 0.249 e. The summed E-state index contributed by atoms with van der Waals surface area (Å²) < 4.78 is 0. The zero-order valence-electron chi connectivity index (χ0n) is 10.2. The molecular weight excluding hydrogens is 236 g/mol. The fourth-order valence-corrected chi connectivity index (χ4v) is 2.18. The first-order valence-electron chi connectivity index (χ1n) is 6.00. The van der Waals surface area contributed by atoms with Crippen LogP contribution in [0.3, 0.4) is 0 Å². The van der Waals surface area contributed by atoms with Gasteiger partial charge >= 0.3 is 0 Å². The molecule has 2 N–H and O–H groups in total. The molecular formula is C16H12N2O. The van der Waals surface area contributed by atoms with Crippen LogP contribution in [0.25, 0.3) is 22.0 Å². The zero-order chi connectivity index (χ0) is 13.2. The number of hydrogen-bond acceptors (Lipinski definition) is 2. The lowest BCUT2D eigenvalue weighted by Gasteiger charge is -2.07. The fourth-order valence-electron chi connectivity index (χ4n) is 2.18. The summed E-state index contributed by atoms with van der Waals surface area (Å²) in [6.45, 7) is 0. The van der Waals surface area contributed by atoms with Crippen LogP contribution >= 0.6 is 0 Å². The maximum atomic E-state index is 11.5. The lowest BCUT2D eigenvalue weighted by atomic mass is 9.98. The van der Waals surface area contributed by atoms with Gasteiger partial charge in [0.2, 0.25) is 5.91 Å². The Hall–Kier alpha value is -2.68. The Bertz CT molecular complexity index is 765. The standard InChI is InChI=1S/C16H12N2O/c17-16(19)14-6-2-1-5-13(14)12-8-7-11-4-3-9-18-15(11)10-12/h1-10H,(H2,17,19). The number of aromatic nitrogens is 1. The van der Waals surface area contributed by atoms with E-state index in [4.69, 9.17) is 5.73 Å². The summed E-state index contributed by atoms with van der Waals surface area (Å²) in [5, 5.41) is 1.07. The Labute approximate surface area is 110 Å². The number of carbonyl (C=O) groups is 1. The predicted molar refractivity (Wildman–Crippen MR) is 75.7 cm³/mol. The van der Waals surface area contributed by atoms with Gasteiger partial charge in [-0.05, 0) is 29.3 Å². The second kappa shape index (κ2) is 4.53. The van der Waals surface area contributed by atoms with Crippen LogP contribution in [0.5, 0.6) is 0 Å². The Balaban J connectivity index is 2.22. The molecule has 0 radical (unpaired) electrons. The number of amides is 1. The van der Waals surface area contributed by atoms with E-state index >= 15 is 0 Å². The van der Waals surface area contributed by atoms with Crippen LogP contribution in [0.1, 0.15) is 10.4 Å². The van der Waals surface area contributed by atoms with Crippen molar-refractivity contribution >= 4 is 16.8 Å². The van der Waals surface area contributed by atoms with Gasteiger partial charge in [0.15, 0.2) is 0 Å². The van der Waals surface area contributed by atoms with E-state index in [2.05, 4.69) is 4.98 Å². The van der Waals surface area contributed by atoms with Gasteiger partial charge in [0.1, 0.15) is 0 Å². The largest absolute Gasteiger partial charge is 0.366 e. The molecule has 0 spiro atoms. The molecule has 2 aromatic carbocycles. The summed E-state index contributed by atoms with van der Waals surface area (Å²) in [5.41, 5.74) is 8.62. The van der Waals surface area contributed by atoms with Crippen molar-refractivity contribution in [2.24, 2.45) is 5.73 Å². The minimum atomic E-state index is -0.420. The summed E-state index contributed by atoms with van der Waals surface area (Å²) in [6, 6.07) is 17.2. The first-order valence-corrected chi connectivity index (χ1v) is 6.00. The number of benzene rings is 2. The van der Waals surface area contributed by atoms with E-state index in [1.165, 1.54) is 0 Å². The van der Waals surface area contributed by atoms with Crippen molar-refractivity contribution in [3.8, 4) is 11.1 Å². The number of nitrogens with zero attached hydrogens (tertiary/aromatic N) is 1. The van der Waals surface area contributed by atoms with E-state index < -0.39 is 5.91 Å². The average molecular weight is 248 g/mol. The third-order valence-corrected chi connectivity index (χ3v) is 3.11. The molecule has 0 bridgehead atoms. The Morgan fingerprint density at radius 2 is 1.84 bits per heavy atom. The maximum absolute atomic E-state index is 11.5. The van der Waals surface area contributed by atoms with E-state index in [1.54, 1.807) is 12.3 Å². The van der Waals surface area contributed by atoms with Crippen molar-refractivity contribution in [1.82, 2.24) is 4.98 Å². The van der Waals surface area contributed by atoms with Gasteiger partial charge in [0.05, 0.1) is 5.52 Å². The smallest absolute Gasteiger partial charge is 0.249 e. The number of carbonyl (C=O) groups excluding carboxylic acids is 1. The molecule has 0 unspecified atom stereocenters. The van der Waals surface area contributed by atoms with Gasteiger partial charge < -0.3 is 5.73 Å². The topological polar surface area (TPSA) is 56.0 Å². The first kappa shape index (κ1) is 11.4. The molecule has 3 heteroatoms. The highest BCUT2D eigenvalue weighted by Gasteiger charge is 2.09. The number of pyridine rings is 1. The lowest BCUT2D eigenvalue weighted by molar-refractivity contribution is 0.100. The summed E-state index contributed by atoms with van der Waals surface area (Å²) in [4.78, 5) is 15.8. The molecule has 3 rings (SSSR count). The highest BCUT2D eigenvalue weighted by molar-refractivity contribution is 6.00. The van der Waals surface area contributed by atoms with Gasteiger partial charge in [-0.3, -0.25) is 9.78 Å². The Kier molecular flexibility index (Phi) is 2.72. The zero-order valence-corrected chi connectivity index (χ0v) is 10.2. The van der Waals surface area contributed by atoms with Crippen molar-refractivity contribution < 1.29 is 4.79 Å². The molecule has 0 saturated heterocycles. The summed E-state index contributed by atoms with van der Waals surface area (Å²) in [7, 11) is 0. The quantitative estimate of drug-likeness (QED) is 0.758. The third kappa shape index (κ3) is 2.06. The van der Waals surface area contributed by atoms with E-state index in [-0.39, 0.29) is 0 Å². The van der Waals surface area contributed by atoms with Crippen LogP contribution in [-0.2, 0) is 0 Å². The highest BCUT2D eigenvalue weighted by Crippen LogP contribution is 2.26. The molecule has 92 valence electrons. The van der Waals surface area contributed by atoms with Gasteiger partial charge in [-0.25, -0.2) is 0 Å². The van der Waals surface area contributed by atoms with Crippen molar-refractivity contribution in [3.63, 3.8) is 0 Å². The summed E-state index contributed by atoms with van der Waals surface area (Å²) in [6.07, 6.45) is 1.76. The predicted octanol–water partition coefficient (Wildman–Crippen LogP) is 3.00. The second-order valence-corrected chi connectivity index (χ2v) is 4.32. The number of nitrogens with two attached hydrogens (primary N) is 1. The molecule has 1 aromatic heterocycles. The molecule has 0 saturated carbocycles. The van der Waals surface area contributed by atoms with Crippen LogP contribution in [-0.4, -0.2) is 10.9 Å². The van der Waals surface area contributed by atoms with Crippen LogP contribution in [0.2, 0.25) is 0 Å². The Morgan fingerprint density at radius 1 is 1.00 bits per heavy atom. The normalized spacial score (nSPS) is 10.5. The minimum absolute atomic E-state index is 0.420. The second-order valence-electron chi connectivity index (χ2n) is 4.32. The van der Waals surface area contributed by atoms with E-state index in [0.717, 1.165) is 22.0 Å². The van der Waals surface area contributed by atoms with Crippen LogP contribution in [0.15, 0.2) is 60.8 Å². The monoisotopic (exact) mass is 248 g/mol. The van der Waals surface area contributed by atoms with Crippen molar-refractivity contribution in [2.45, 2.75) is 0 Å². The van der Waals surface area contributed by atoms with Gasteiger partial charge in [-0.2, -0.15) is 0 Å². The van der Waals surface area contributed by atoms with E-state index in [1.807, 2.05) is 48.5 Å². The molecule has 0 aliphatic rings. The average Bonchev–Trinajstić information content (AvgIpc) is 2.46. The molecule has 19 heavy (non-hydrogen) atoms. The number of fused-ring (bicyclic) bond motifs is 1.